The lowest BCUT2D eigenvalue weighted by Gasteiger charge is -2.03. The minimum Gasteiger partial charge on any atom is -0.293 e. The molecule has 0 atom stereocenters. The second kappa shape index (κ2) is 7.34. The molecule has 2 aromatic heterocycles. The zero-order valence-electron chi connectivity index (χ0n) is 13.8. The van der Waals surface area contributed by atoms with Gasteiger partial charge in [0.25, 0.3) is 11.3 Å². The maximum absolute atomic E-state index is 12.3. The fraction of sp³-hybridized carbons (Fsp3) is 0.0556. The summed E-state index contributed by atoms with van der Waals surface area (Å²) in [5, 5.41) is 13.3. The van der Waals surface area contributed by atoms with Crippen LogP contribution in [0, 0.1) is 0 Å². The zero-order valence-corrected chi connectivity index (χ0v) is 15.4. The van der Waals surface area contributed by atoms with Crippen LogP contribution in [0.25, 0.3) is 17.0 Å². The maximum atomic E-state index is 12.3. The summed E-state index contributed by atoms with van der Waals surface area (Å²) in [5.74, 6) is 0.312. The van der Waals surface area contributed by atoms with E-state index in [1.807, 2.05) is 18.2 Å². The molecule has 0 aliphatic rings. The summed E-state index contributed by atoms with van der Waals surface area (Å²) in [7, 11) is 0. The highest BCUT2D eigenvalue weighted by Crippen LogP contribution is 2.19. The van der Waals surface area contributed by atoms with E-state index in [1.165, 1.54) is 16.3 Å². The molecule has 0 aliphatic carbocycles. The first-order chi connectivity index (χ1) is 13.1. The zero-order chi connectivity index (χ0) is 18.8. The van der Waals surface area contributed by atoms with E-state index in [4.69, 9.17) is 11.6 Å². The fourth-order valence-corrected chi connectivity index (χ4v) is 3.36. The molecule has 0 unspecified atom stereocenters. The van der Waals surface area contributed by atoms with Crippen LogP contribution in [0.3, 0.4) is 0 Å². The first kappa shape index (κ1) is 17.4. The number of hydrogen-bond donors (Lipinski definition) is 1. The Morgan fingerprint density at radius 3 is 2.56 bits per heavy atom. The molecule has 4 rings (SSSR count). The number of Topliss-reactive ketones (excluding diaryl/α,β-unsaturated/α-hetero) is 1. The molecule has 2 aromatic carbocycles. The van der Waals surface area contributed by atoms with Crippen LogP contribution in [0.4, 0.5) is 0 Å². The number of fused-ring (bicyclic) bond motifs is 1. The molecule has 1 N–H and O–H groups in total. The van der Waals surface area contributed by atoms with Gasteiger partial charge in [0.2, 0.25) is 5.16 Å². The topological polar surface area (TPSA) is 93.0 Å². The van der Waals surface area contributed by atoms with Gasteiger partial charge >= 0.3 is 0 Å². The first-order valence-corrected chi connectivity index (χ1v) is 9.31. The highest BCUT2D eigenvalue weighted by molar-refractivity contribution is 7.99. The standard InChI is InChI=1S/C18H12ClN5O2S/c19-13-8-6-11(7-9-13)14(25)10-27-18-22-21-17-20-16(26)15(23-24(17)18)12-4-2-1-3-5-12/h1-9H,10H2,(H,20,21,26). The SMILES string of the molecule is O=C(CSc1nnc2[nH]c(=O)c(-c3ccccc3)nn12)c1ccc(Cl)cc1. The van der Waals surface area contributed by atoms with Crippen LogP contribution in [0.5, 0.6) is 0 Å². The average molecular weight is 398 g/mol. The Morgan fingerprint density at radius 1 is 1.07 bits per heavy atom. The smallest absolute Gasteiger partial charge is 0.279 e. The number of nitrogens with one attached hydrogen (secondary N) is 1. The van der Waals surface area contributed by atoms with Gasteiger partial charge in [-0.05, 0) is 24.3 Å². The van der Waals surface area contributed by atoms with Crippen molar-refractivity contribution in [2.45, 2.75) is 5.16 Å². The molecule has 27 heavy (non-hydrogen) atoms. The third-order valence-corrected chi connectivity index (χ3v) is 4.97. The third-order valence-electron chi connectivity index (χ3n) is 3.80. The van der Waals surface area contributed by atoms with E-state index < -0.39 is 0 Å². The van der Waals surface area contributed by atoms with Crippen molar-refractivity contribution >= 4 is 34.9 Å². The molecule has 4 aromatic rings. The van der Waals surface area contributed by atoms with Gasteiger partial charge < -0.3 is 0 Å². The molecule has 0 spiro atoms. The Hall–Kier alpha value is -2.97. The molecule has 0 aliphatic heterocycles. The Kier molecular flexibility index (Phi) is 4.74. The summed E-state index contributed by atoms with van der Waals surface area (Å²) in [4.78, 5) is 27.2. The highest BCUT2D eigenvalue weighted by atomic mass is 35.5. The highest BCUT2D eigenvalue weighted by Gasteiger charge is 2.15. The summed E-state index contributed by atoms with van der Waals surface area (Å²) in [6.07, 6.45) is 0. The minimum atomic E-state index is -0.352. The van der Waals surface area contributed by atoms with Gasteiger partial charge in [-0.15, -0.1) is 10.2 Å². The van der Waals surface area contributed by atoms with Crippen molar-refractivity contribution in [1.82, 2.24) is 24.8 Å². The van der Waals surface area contributed by atoms with Gasteiger partial charge in [0.15, 0.2) is 11.5 Å². The van der Waals surface area contributed by atoms with Gasteiger partial charge in [-0.1, -0.05) is 53.7 Å². The number of benzene rings is 2. The van der Waals surface area contributed by atoms with Crippen molar-refractivity contribution in [2.75, 3.05) is 5.75 Å². The number of rotatable bonds is 5. The van der Waals surface area contributed by atoms with Crippen LogP contribution in [-0.4, -0.2) is 36.3 Å². The number of halogens is 1. The van der Waals surface area contributed by atoms with E-state index in [9.17, 15) is 9.59 Å². The van der Waals surface area contributed by atoms with Crippen LogP contribution in [-0.2, 0) is 0 Å². The van der Waals surface area contributed by atoms with Crippen LogP contribution >= 0.6 is 23.4 Å². The van der Waals surface area contributed by atoms with Crippen LogP contribution in [0.15, 0.2) is 64.5 Å². The van der Waals surface area contributed by atoms with Crippen molar-refractivity contribution < 1.29 is 4.79 Å². The van der Waals surface area contributed by atoms with E-state index in [2.05, 4.69) is 20.3 Å². The van der Waals surface area contributed by atoms with Crippen molar-refractivity contribution in [3.63, 3.8) is 0 Å². The number of aromatic nitrogens is 5. The summed E-state index contributed by atoms with van der Waals surface area (Å²) in [6.45, 7) is 0. The summed E-state index contributed by atoms with van der Waals surface area (Å²) in [6, 6.07) is 15.8. The lowest BCUT2D eigenvalue weighted by Crippen LogP contribution is -2.15. The maximum Gasteiger partial charge on any atom is 0.279 e. The van der Waals surface area contributed by atoms with E-state index in [-0.39, 0.29) is 28.6 Å². The molecule has 0 amide bonds. The Morgan fingerprint density at radius 2 is 1.81 bits per heavy atom. The van der Waals surface area contributed by atoms with Gasteiger partial charge in [0.1, 0.15) is 0 Å². The normalized spacial score (nSPS) is 11.0. The van der Waals surface area contributed by atoms with Gasteiger partial charge in [0.05, 0.1) is 5.75 Å². The van der Waals surface area contributed by atoms with Crippen LogP contribution in [0.1, 0.15) is 10.4 Å². The number of ketones is 1. The van der Waals surface area contributed by atoms with Crippen molar-refractivity contribution in [1.29, 1.82) is 0 Å². The molecule has 0 bridgehead atoms. The van der Waals surface area contributed by atoms with E-state index in [0.29, 0.717) is 21.3 Å². The molecule has 9 heteroatoms. The second-order valence-corrected chi connectivity index (χ2v) is 6.98. The largest absolute Gasteiger partial charge is 0.293 e. The number of carbonyl (C=O) groups excluding carboxylic acids is 1. The number of thioether (sulfide) groups is 1. The number of aromatic amines is 1. The Bertz CT molecular complexity index is 1170. The number of nitrogens with zero attached hydrogens (tertiary/aromatic N) is 4. The Labute approximate surface area is 162 Å². The molecule has 2 heterocycles. The number of H-pyrrole nitrogens is 1. The van der Waals surface area contributed by atoms with Gasteiger partial charge in [-0.2, -0.15) is 9.61 Å². The molecule has 7 nitrogen and oxygen atoms in total. The summed E-state index contributed by atoms with van der Waals surface area (Å²) in [5.41, 5.74) is 1.15. The lowest BCUT2D eigenvalue weighted by atomic mass is 10.1. The van der Waals surface area contributed by atoms with E-state index in [1.54, 1.807) is 36.4 Å². The van der Waals surface area contributed by atoms with Gasteiger partial charge in [0, 0.05) is 16.1 Å². The van der Waals surface area contributed by atoms with Crippen molar-refractivity contribution in [2.24, 2.45) is 0 Å². The third kappa shape index (κ3) is 3.62. The lowest BCUT2D eigenvalue weighted by molar-refractivity contribution is 0.102. The number of carbonyl (C=O) groups is 1. The van der Waals surface area contributed by atoms with Crippen molar-refractivity contribution in [3.05, 3.63) is 75.5 Å². The van der Waals surface area contributed by atoms with Gasteiger partial charge in [-0.3, -0.25) is 14.6 Å². The molecule has 0 saturated heterocycles. The fourth-order valence-electron chi connectivity index (χ4n) is 2.46. The van der Waals surface area contributed by atoms with E-state index >= 15 is 0 Å². The number of hydrogen-bond acceptors (Lipinski definition) is 6. The summed E-state index contributed by atoms with van der Waals surface area (Å²) < 4.78 is 1.43. The molecular formula is C18H12ClN5O2S. The Balaban J connectivity index is 1.62. The van der Waals surface area contributed by atoms with Crippen molar-refractivity contribution in [3.8, 4) is 11.3 Å². The second-order valence-electron chi connectivity index (χ2n) is 5.61. The monoisotopic (exact) mass is 397 g/mol. The quantitative estimate of drug-likeness (QED) is 0.411. The van der Waals surface area contributed by atoms with Crippen LogP contribution in [0.2, 0.25) is 5.02 Å². The summed E-state index contributed by atoms with van der Waals surface area (Å²) >= 11 is 7.04. The molecule has 134 valence electrons. The van der Waals surface area contributed by atoms with E-state index in [0.717, 1.165) is 0 Å². The molecule has 0 fully saturated rings. The molecule has 0 saturated carbocycles. The first-order valence-electron chi connectivity index (χ1n) is 7.94. The predicted molar refractivity (Wildman–Crippen MR) is 103 cm³/mol. The molecular weight excluding hydrogens is 386 g/mol. The minimum absolute atomic E-state index is 0.0684. The molecule has 0 radical (unpaired) electrons. The predicted octanol–water partition coefficient (Wildman–Crippen LogP) is 3.11. The average Bonchev–Trinajstić information content (AvgIpc) is 3.08. The van der Waals surface area contributed by atoms with Gasteiger partial charge in [-0.25, -0.2) is 0 Å². The van der Waals surface area contributed by atoms with Crippen LogP contribution < -0.4 is 5.56 Å².